The van der Waals surface area contributed by atoms with Crippen LogP contribution in [0.1, 0.15) is 88.9 Å². The van der Waals surface area contributed by atoms with E-state index in [0.717, 1.165) is 42.7 Å². The highest BCUT2D eigenvalue weighted by Gasteiger charge is 2.12. The number of carbonyl (C=O) groups excluding carboxylic acids is 1. The number of unbranched alkanes of at least 4 members (excludes halogenated alkanes) is 6. The number of carbonyl (C=O) groups is 1. The quantitative estimate of drug-likeness (QED) is 0.235. The summed E-state index contributed by atoms with van der Waals surface area (Å²) in [5.41, 5.74) is 2.79. The minimum Gasteiger partial charge on any atom is -0.494 e. The first-order valence-corrected chi connectivity index (χ1v) is 11.7. The molecule has 0 N–H and O–H groups in total. The molecule has 164 valence electrons. The molecule has 0 fully saturated rings. The van der Waals surface area contributed by atoms with Crippen molar-refractivity contribution < 1.29 is 14.3 Å². The van der Waals surface area contributed by atoms with Gasteiger partial charge >= 0.3 is 5.97 Å². The highest BCUT2D eigenvalue weighted by Crippen LogP contribution is 2.23. The van der Waals surface area contributed by atoms with Crippen molar-refractivity contribution >= 4 is 5.97 Å². The predicted octanol–water partition coefficient (Wildman–Crippen LogP) is 7.83. The van der Waals surface area contributed by atoms with Gasteiger partial charge in [0.2, 0.25) is 0 Å². The van der Waals surface area contributed by atoms with Gasteiger partial charge in [-0.2, -0.15) is 0 Å². The number of rotatable bonds is 14. The maximum absolute atomic E-state index is 12.4. The largest absolute Gasteiger partial charge is 0.494 e. The lowest BCUT2D eigenvalue weighted by atomic mass is 10.0. The van der Waals surface area contributed by atoms with E-state index in [4.69, 9.17) is 9.47 Å². The summed E-state index contributed by atoms with van der Waals surface area (Å²) >= 11 is 0. The molecule has 30 heavy (non-hydrogen) atoms. The third kappa shape index (κ3) is 8.61. The second-order valence-electron chi connectivity index (χ2n) is 8.08. The molecule has 0 spiro atoms. The third-order valence-corrected chi connectivity index (χ3v) is 5.35. The molecule has 1 atom stereocenters. The first-order chi connectivity index (χ1) is 14.6. The van der Waals surface area contributed by atoms with Gasteiger partial charge < -0.3 is 9.47 Å². The molecule has 0 radical (unpaired) electrons. The summed E-state index contributed by atoms with van der Waals surface area (Å²) in [6, 6.07) is 15.8. The molecule has 0 saturated heterocycles. The van der Waals surface area contributed by atoms with Crippen LogP contribution in [0, 0.1) is 0 Å². The van der Waals surface area contributed by atoms with Gasteiger partial charge in [0.1, 0.15) is 5.75 Å². The Labute approximate surface area is 182 Å². The van der Waals surface area contributed by atoms with E-state index in [-0.39, 0.29) is 12.1 Å². The topological polar surface area (TPSA) is 35.5 Å². The summed E-state index contributed by atoms with van der Waals surface area (Å²) in [6.07, 6.45) is 10.5. The summed E-state index contributed by atoms with van der Waals surface area (Å²) < 4.78 is 11.4. The monoisotopic (exact) mass is 410 g/mol. The van der Waals surface area contributed by atoms with Gasteiger partial charge in [0.15, 0.2) is 0 Å². The van der Waals surface area contributed by atoms with E-state index < -0.39 is 0 Å². The zero-order valence-corrected chi connectivity index (χ0v) is 19.0. The molecule has 0 aliphatic carbocycles. The first kappa shape index (κ1) is 24.0. The van der Waals surface area contributed by atoms with E-state index in [1.54, 1.807) is 0 Å². The minimum absolute atomic E-state index is 0.0384. The molecule has 0 aromatic heterocycles. The lowest BCUT2D eigenvalue weighted by Crippen LogP contribution is -2.15. The molecule has 2 aromatic rings. The Morgan fingerprint density at radius 1 is 0.767 bits per heavy atom. The van der Waals surface area contributed by atoms with Gasteiger partial charge in [0, 0.05) is 0 Å². The van der Waals surface area contributed by atoms with Crippen LogP contribution in [0.25, 0.3) is 11.1 Å². The van der Waals surface area contributed by atoms with Crippen molar-refractivity contribution in [3.63, 3.8) is 0 Å². The van der Waals surface area contributed by atoms with Crippen molar-refractivity contribution in [2.75, 3.05) is 6.61 Å². The Balaban J connectivity index is 1.82. The van der Waals surface area contributed by atoms with Gasteiger partial charge in [-0.1, -0.05) is 76.6 Å². The maximum Gasteiger partial charge on any atom is 0.338 e. The SMILES string of the molecule is CCCCCCOc1ccc(-c2ccc(C(=O)OC(C)CCCCCC)cc2)cc1. The highest BCUT2D eigenvalue weighted by atomic mass is 16.5. The summed E-state index contributed by atoms with van der Waals surface area (Å²) in [4.78, 5) is 12.4. The van der Waals surface area contributed by atoms with Crippen LogP contribution in [-0.4, -0.2) is 18.7 Å². The molecule has 0 heterocycles. The third-order valence-electron chi connectivity index (χ3n) is 5.35. The van der Waals surface area contributed by atoms with Crippen LogP contribution in [0.3, 0.4) is 0 Å². The molecule has 2 rings (SSSR count). The molecular weight excluding hydrogens is 372 g/mol. The fraction of sp³-hybridized carbons (Fsp3) is 0.519. The number of esters is 1. The van der Waals surface area contributed by atoms with Gasteiger partial charge in [-0.25, -0.2) is 4.79 Å². The van der Waals surface area contributed by atoms with Gasteiger partial charge in [-0.3, -0.25) is 0 Å². The Bertz CT molecular complexity index is 719. The zero-order chi connectivity index (χ0) is 21.6. The average Bonchev–Trinajstić information content (AvgIpc) is 2.77. The lowest BCUT2D eigenvalue weighted by Gasteiger charge is -2.13. The van der Waals surface area contributed by atoms with Gasteiger partial charge in [0.25, 0.3) is 0 Å². The van der Waals surface area contributed by atoms with Crippen LogP contribution < -0.4 is 4.74 Å². The van der Waals surface area contributed by atoms with E-state index in [9.17, 15) is 4.79 Å². The van der Waals surface area contributed by atoms with Crippen molar-refractivity contribution in [2.24, 2.45) is 0 Å². The number of hydrogen-bond donors (Lipinski definition) is 0. The van der Waals surface area contributed by atoms with E-state index in [1.807, 2.05) is 43.3 Å². The maximum atomic E-state index is 12.4. The van der Waals surface area contributed by atoms with Gasteiger partial charge in [-0.15, -0.1) is 0 Å². The van der Waals surface area contributed by atoms with Crippen molar-refractivity contribution in [2.45, 2.75) is 84.7 Å². The van der Waals surface area contributed by atoms with Crippen LogP contribution in [0.5, 0.6) is 5.75 Å². The molecule has 0 aliphatic heterocycles. The molecule has 2 aromatic carbocycles. The second kappa shape index (κ2) is 13.8. The van der Waals surface area contributed by atoms with Gasteiger partial charge in [-0.05, 0) is 61.6 Å². The van der Waals surface area contributed by atoms with Crippen LogP contribution in [-0.2, 0) is 4.74 Å². The lowest BCUT2D eigenvalue weighted by molar-refractivity contribution is 0.0319. The Hall–Kier alpha value is -2.29. The summed E-state index contributed by atoms with van der Waals surface area (Å²) in [6.45, 7) is 7.16. The van der Waals surface area contributed by atoms with E-state index in [1.165, 1.54) is 38.5 Å². The van der Waals surface area contributed by atoms with Crippen LogP contribution >= 0.6 is 0 Å². The van der Waals surface area contributed by atoms with Crippen LogP contribution in [0.15, 0.2) is 48.5 Å². The normalized spacial score (nSPS) is 11.8. The highest BCUT2D eigenvalue weighted by molar-refractivity contribution is 5.90. The number of ether oxygens (including phenoxy) is 2. The summed E-state index contributed by atoms with van der Waals surface area (Å²) in [7, 11) is 0. The van der Waals surface area contributed by atoms with Crippen molar-refractivity contribution in [3.05, 3.63) is 54.1 Å². The number of hydrogen-bond acceptors (Lipinski definition) is 3. The smallest absolute Gasteiger partial charge is 0.338 e. The fourth-order valence-corrected chi connectivity index (χ4v) is 3.43. The first-order valence-electron chi connectivity index (χ1n) is 11.7. The molecule has 3 nitrogen and oxygen atoms in total. The predicted molar refractivity (Wildman–Crippen MR) is 125 cm³/mol. The summed E-state index contributed by atoms with van der Waals surface area (Å²) in [5.74, 6) is 0.666. The van der Waals surface area contributed by atoms with Crippen LogP contribution in [0.2, 0.25) is 0 Å². The molecule has 0 bridgehead atoms. The molecule has 0 aliphatic rings. The minimum atomic E-state index is -0.239. The van der Waals surface area contributed by atoms with E-state index in [2.05, 4.69) is 26.0 Å². The Morgan fingerprint density at radius 3 is 1.93 bits per heavy atom. The molecular formula is C27H38O3. The fourth-order valence-electron chi connectivity index (χ4n) is 3.43. The molecule has 3 heteroatoms. The zero-order valence-electron chi connectivity index (χ0n) is 19.0. The second-order valence-corrected chi connectivity index (χ2v) is 8.08. The molecule has 1 unspecified atom stereocenters. The standard InChI is InChI=1S/C27H38O3/c1-4-6-8-10-12-22(3)30-27(28)25-15-13-23(14-16-25)24-17-19-26(20-18-24)29-21-11-9-7-5-2/h13-20,22H,4-12,21H2,1-3H3. The van der Waals surface area contributed by atoms with Crippen molar-refractivity contribution in [1.29, 1.82) is 0 Å². The Morgan fingerprint density at radius 2 is 1.33 bits per heavy atom. The van der Waals surface area contributed by atoms with Crippen LogP contribution in [0.4, 0.5) is 0 Å². The van der Waals surface area contributed by atoms with E-state index in [0.29, 0.717) is 5.56 Å². The number of benzene rings is 2. The van der Waals surface area contributed by atoms with E-state index >= 15 is 0 Å². The summed E-state index contributed by atoms with van der Waals surface area (Å²) in [5, 5.41) is 0. The average molecular weight is 411 g/mol. The Kier molecular flexibility index (Phi) is 11.1. The molecule has 0 amide bonds. The molecule has 0 saturated carbocycles. The van der Waals surface area contributed by atoms with Crippen molar-refractivity contribution in [1.82, 2.24) is 0 Å². The van der Waals surface area contributed by atoms with Gasteiger partial charge in [0.05, 0.1) is 18.3 Å². The van der Waals surface area contributed by atoms with Crippen molar-refractivity contribution in [3.8, 4) is 16.9 Å².